The van der Waals surface area contributed by atoms with Crippen molar-refractivity contribution in [1.29, 1.82) is 5.26 Å². The van der Waals surface area contributed by atoms with Crippen LogP contribution in [0.25, 0.3) is 11.0 Å². The quantitative estimate of drug-likeness (QED) is 0.599. The van der Waals surface area contributed by atoms with Crippen molar-refractivity contribution in [2.45, 2.75) is 13.0 Å². The lowest BCUT2D eigenvalue weighted by molar-refractivity contribution is 0.672. The number of fused-ring (bicyclic) bond motifs is 1. The van der Waals surface area contributed by atoms with Gasteiger partial charge in [0, 0.05) is 30.1 Å². The van der Waals surface area contributed by atoms with E-state index in [1.165, 1.54) is 0 Å². The summed E-state index contributed by atoms with van der Waals surface area (Å²) in [6.07, 6.45) is 0.409. The fourth-order valence-corrected chi connectivity index (χ4v) is 2.57. The number of H-pyrrole nitrogens is 2. The van der Waals surface area contributed by atoms with Crippen molar-refractivity contribution in [3.05, 3.63) is 73.0 Å². The van der Waals surface area contributed by atoms with Gasteiger partial charge in [-0.15, -0.1) is 0 Å². The average molecular weight is 356 g/mol. The second-order valence-electron chi connectivity index (χ2n) is 5.44. The lowest BCUT2D eigenvalue weighted by Crippen LogP contribution is -2.25. The number of aromatic amines is 2. The summed E-state index contributed by atoms with van der Waals surface area (Å²) in [6.45, 7) is 0.806. The van der Waals surface area contributed by atoms with E-state index in [-0.39, 0.29) is 16.8 Å². The molecule has 2 heterocycles. The topological polar surface area (TPSA) is 114 Å². The third-order valence-corrected chi connectivity index (χ3v) is 3.93. The zero-order valence-corrected chi connectivity index (χ0v) is 13.9. The summed E-state index contributed by atoms with van der Waals surface area (Å²) in [6, 6.07) is 10.1. The smallest absolute Gasteiger partial charge is 0.270 e. The van der Waals surface area contributed by atoms with Crippen LogP contribution >= 0.6 is 11.6 Å². The van der Waals surface area contributed by atoms with Crippen LogP contribution in [0.5, 0.6) is 0 Å². The van der Waals surface area contributed by atoms with Crippen molar-refractivity contribution in [2.75, 3.05) is 6.54 Å². The predicted molar refractivity (Wildman–Crippen MR) is 94.6 cm³/mol. The van der Waals surface area contributed by atoms with Crippen molar-refractivity contribution >= 4 is 22.6 Å². The van der Waals surface area contributed by atoms with Crippen molar-refractivity contribution in [2.24, 2.45) is 0 Å². The molecule has 0 aliphatic heterocycles. The first kappa shape index (κ1) is 16.9. The lowest BCUT2D eigenvalue weighted by Gasteiger charge is -2.05. The van der Waals surface area contributed by atoms with Crippen molar-refractivity contribution in [3.63, 3.8) is 0 Å². The molecule has 3 aromatic rings. The second-order valence-corrected chi connectivity index (χ2v) is 5.88. The van der Waals surface area contributed by atoms with E-state index in [1.54, 1.807) is 30.3 Å². The number of nitrogens with one attached hydrogen (secondary N) is 3. The predicted octanol–water partition coefficient (Wildman–Crippen LogP) is 1.47. The molecule has 0 amide bonds. The highest BCUT2D eigenvalue weighted by Crippen LogP contribution is 2.14. The maximum atomic E-state index is 12.0. The van der Waals surface area contributed by atoms with E-state index in [0.717, 1.165) is 0 Å². The standard InChI is InChI=1S/C17H14ClN5O2/c18-11-2-4-13-15(7-11)22-14(17(25)23-13)5-6-20-9-10-1-3-12(8-19)21-16(10)24/h1-4,7,20H,5-6,9H2,(H,21,24)(H,23,25). The molecule has 8 heteroatoms. The zero-order valence-electron chi connectivity index (χ0n) is 13.1. The molecule has 0 saturated carbocycles. The van der Waals surface area contributed by atoms with Gasteiger partial charge in [-0.3, -0.25) is 9.59 Å². The van der Waals surface area contributed by atoms with Gasteiger partial charge < -0.3 is 15.3 Å². The van der Waals surface area contributed by atoms with Crippen LogP contribution in [0.3, 0.4) is 0 Å². The Labute approximate surface area is 147 Å². The molecule has 126 valence electrons. The van der Waals surface area contributed by atoms with Gasteiger partial charge in [0.2, 0.25) is 0 Å². The van der Waals surface area contributed by atoms with E-state index in [0.29, 0.717) is 46.8 Å². The highest BCUT2D eigenvalue weighted by Gasteiger charge is 2.06. The van der Waals surface area contributed by atoms with Crippen LogP contribution in [0.4, 0.5) is 0 Å². The van der Waals surface area contributed by atoms with Crippen LogP contribution in [-0.4, -0.2) is 21.5 Å². The van der Waals surface area contributed by atoms with E-state index in [2.05, 4.69) is 20.3 Å². The molecule has 1 aromatic carbocycles. The maximum Gasteiger partial charge on any atom is 0.270 e. The first-order valence-electron chi connectivity index (χ1n) is 7.58. The Kier molecular flexibility index (Phi) is 4.93. The number of benzene rings is 1. The van der Waals surface area contributed by atoms with Gasteiger partial charge in [-0.1, -0.05) is 11.6 Å². The Balaban J connectivity index is 1.65. The number of halogens is 1. The van der Waals surface area contributed by atoms with Crippen molar-refractivity contribution < 1.29 is 0 Å². The first-order chi connectivity index (χ1) is 12.1. The van der Waals surface area contributed by atoms with Crippen LogP contribution in [0.1, 0.15) is 17.0 Å². The van der Waals surface area contributed by atoms with E-state index >= 15 is 0 Å². The molecule has 0 unspecified atom stereocenters. The van der Waals surface area contributed by atoms with E-state index in [1.807, 2.05) is 6.07 Å². The van der Waals surface area contributed by atoms with Crippen LogP contribution < -0.4 is 16.4 Å². The largest absolute Gasteiger partial charge is 0.319 e. The van der Waals surface area contributed by atoms with Crippen LogP contribution in [0.2, 0.25) is 5.02 Å². The summed E-state index contributed by atoms with van der Waals surface area (Å²) in [4.78, 5) is 33.4. The monoisotopic (exact) mass is 355 g/mol. The molecule has 3 N–H and O–H groups in total. The lowest BCUT2D eigenvalue weighted by atomic mass is 10.2. The van der Waals surface area contributed by atoms with Gasteiger partial charge in [-0.2, -0.15) is 5.26 Å². The molecule has 0 aliphatic rings. The Morgan fingerprint density at radius 1 is 1.16 bits per heavy atom. The van der Waals surface area contributed by atoms with Gasteiger partial charge in [-0.25, -0.2) is 4.98 Å². The summed E-state index contributed by atoms with van der Waals surface area (Å²) in [5.74, 6) is 0. The molecule has 0 saturated heterocycles. The summed E-state index contributed by atoms with van der Waals surface area (Å²) >= 11 is 5.94. The van der Waals surface area contributed by atoms with E-state index in [9.17, 15) is 9.59 Å². The van der Waals surface area contributed by atoms with Gasteiger partial charge in [-0.05, 0) is 30.3 Å². The molecule has 0 aliphatic carbocycles. The second kappa shape index (κ2) is 7.30. The van der Waals surface area contributed by atoms with Crippen LogP contribution in [0, 0.1) is 11.3 Å². The molecule has 7 nitrogen and oxygen atoms in total. The maximum absolute atomic E-state index is 12.0. The average Bonchev–Trinajstić information content (AvgIpc) is 2.60. The molecule has 2 aromatic heterocycles. The fraction of sp³-hybridized carbons (Fsp3) is 0.176. The number of nitriles is 1. The van der Waals surface area contributed by atoms with Gasteiger partial charge in [0.15, 0.2) is 0 Å². The molecule has 0 radical (unpaired) electrons. The normalized spacial score (nSPS) is 10.7. The van der Waals surface area contributed by atoms with Gasteiger partial charge in [0.05, 0.1) is 11.0 Å². The Hall–Kier alpha value is -2.95. The molecular formula is C17H14ClN5O2. The molecule has 0 atom stereocenters. The number of nitrogens with zero attached hydrogens (tertiary/aromatic N) is 2. The third kappa shape index (κ3) is 3.94. The molecule has 0 fully saturated rings. The zero-order chi connectivity index (χ0) is 17.8. The van der Waals surface area contributed by atoms with Crippen LogP contribution in [0.15, 0.2) is 39.9 Å². The van der Waals surface area contributed by atoms with Crippen LogP contribution in [-0.2, 0) is 13.0 Å². The number of rotatable bonds is 5. The van der Waals surface area contributed by atoms with Gasteiger partial charge >= 0.3 is 0 Å². The fourth-order valence-electron chi connectivity index (χ4n) is 2.40. The SMILES string of the molecule is N#Cc1ccc(CNCCc2nc3cc(Cl)ccc3[nH]c2=O)c(=O)[nH]1. The van der Waals surface area contributed by atoms with Gasteiger partial charge in [0.25, 0.3) is 11.1 Å². The highest BCUT2D eigenvalue weighted by molar-refractivity contribution is 6.31. The highest BCUT2D eigenvalue weighted by atomic mass is 35.5. The minimum atomic E-state index is -0.303. The Morgan fingerprint density at radius 2 is 2.00 bits per heavy atom. The van der Waals surface area contributed by atoms with Crippen molar-refractivity contribution in [3.8, 4) is 6.07 Å². The number of hydrogen-bond donors (Lipinski definition) is 3. The molecule has 0 bridgehead atoms. The molecule has 25 heavy (non-hydrogen) atoms. The Bertz CT molecular complexity index is 1080. The summed E-state index contributed by atoms with van der Waals surface area (Å²) in [5, 5.41) is 12.4. The molecule has 0 spiro atoms. The number of hydrogen-bond acceptors (Lipinski definition) is 5. The van der Waals surface area contributed by atoms with E-state index < -0.39 is 0 Å². The first-order valence-corrected chi connectivity index (χ1v) is 7.96. The van der Waals surface area contributed by atoms with Crippen molar-refractivity contribution in [1.82, 2.24) is 20.3 Å². The summed E-state index contributed by atoms with van der Waals surface area (Å²) in [7, 11) is 0. The Morgan fingerprint density at radius 3 is 2.76 bits per heavy atom. The third-order valence-electron chi connectivity index (χ3n) is 3.69. The minimum Gasteiger partial charge on any atom is -0.319 e. The van der Waals surface area contributed by atoms with Gasteiger partial charge in [0.1, 0.15) is 17.5 Å². The summed E-state index contributed by atoms with van der Waals surface area (Å²) < 4.78 is 0. The molecular weight excluding hydrogens is 342 g/mol. The molecule has 3 rings (SSSR count). The number of aromatic nitrogens is 3. The summed E-state index contributed by atoms with van der Waals surface area (Å²) in [5.41, 5.74) is 1.86. The van der Waals surface area contributed by atoms with E-state index in [4.69, 9.17) is 16.9 Å². The number of pyridine rings is 1. The minimum absolute atomic E-state index is 0.222.